The van der Waals surface area contributed by atoms with Crippen LogP contribution < -0.4 is 5.32 Å². The highest BCUT2D eigenvalue weighted by atomic mass is 16.2. The van der Waals surface area contributed by atoms with E-state index in [-0.39, 0.29) is 5.91 Å². The van der Waals surface area contributed by atoms with E-state index in [9.17, 15) is 4.79 Å². The second-order valence-corrected chi connectivity index (χ2v) is 4.59. The van der Waals surface area contributed by atoms with Gasteiger partial charge in [-0.25, -0.2) is 0 Å². The molecule has 21 heavy (non-hydrogen) atoms. The SMILES string of the molecule is Cn1nccc1C(=O)Nc1ccc(-c2ccccn2)cc1. The maximum absolute atomic E-state index is 12.1. The lowest BCUT2D eigenvalue weighted by Crippen LogP contribution is -2.15. The largest absolute Gasteiger partial charge is 0.321 e. The van der Waals surface area contributed by atoms with Gasteiger partial charge in [0.15, 0.2) is 0 Å². The summed E-state index contributed by atoms with van der Waals surface area (Å²) in [6.45, 7) is 0. The van der Waals surface area contributed by atoms with Crippen molar-refractivity contribution in [3.05, 3.63) is 66.6 Å². The first-order valence-electron chi connectivity index (χ1n) is 6.55. The molecule has 0 aliphatic carbocycles. The fraction of sp³-hybridized carbons (Fsp3) is 0.0625. The molecule has 0 saturated carbocycles. The summed E-state index contributed by atoms with van der Waals surface area (Å²) in [5.74, 6) is -0.180. The van der Waals surface area contributed by atoms with Gasteiger partial charge < -0.3 is 5.32 Å². The van der Waals surface area contributed by atoms with Crippen molar-refractivity contribution in [2.45, 2.75) is 0 Å². The maximum Gasteiger partial charge on any atom is 0.273 e. The average molecular weight is 278 g/mol. The van der Waals surface area contributed by atoms with E-state index in [1.165, 1.54) is 4.68 Å². The number of carbonyl (C=O) groups excluding carboxylic acids is 1. The number of aromatic nitrogens is 3. The topological polar surface area (TPSA) is 59.8 Å². The molecule has 0 fully saturated rings. The molecule has 0 unspecified atom stereocenters. The fourth-order valence-corrected chi connectivity index (χ4v) is 2.05. The van der Waals surface area contributed by atoms with Crippen molar-refractivity contribution in [2.75, 3.05) is 5.32 Å². The summed E-state index contributed by atoms with van der Waals surface area (Å²) in [6.07, 6.45) is 3.35. The summed E-state index contributed by atoms with van der Waals surface area (Å²) < 4.78 is 1.54. The second kappa shape index (κ2) is 5.58. The zero-order valence-corrected chi connectivity index (χ0v) is 11.5. The van der Waals surface area contributed by atoms with Crippen LogP contribution in [0.2, 0.25) is 0 Å². The summed E-state index contributed by atoms with van der Waals surface area (Å²) >= 11 is 0. The van der Waals surface area contributed by atoms with Crippen molar-refractivity contribution >= 4 is 11.6 Å². The van der Waals surface area contributed by atoms with Gasteiger partial charge in [-0.3, -0.25) is 14.5 Å². The molecule has 0 aliphatic heterocycles. The Morgan fingerprint density at radius 3 is 2.48 bits per heavy atom. The number of anilines is 1. The highest BCUT2D eigenvalue weighted by molar-refractivity contribution is 6.03. The van der Waals surface area contributed by atoms with Crippen LogP contribution in [0.5, 0.6) is 0 Å². The summed E-state index contributed by atoms with van der Waals surface area (Å²) in [4.78, 5) is 16.4. The van der Waals surface area contributed by atoms with Gasteiger partial charge in [-0.1, -0.05) is 18.2 Å². The van der Waals surface area contributed by atoms with Gasteiger partial charge in [0.25, 0.3) is 5.91 Å². The van der Waals surface area contributed by atoms with E-state index in [4.69, 9.17) is 0 Å². The van der Waals surface area contributed by atoms with Gasteiger partial charge in [0.05, 0.1) is 5.69 Å². The smallest absolute Gasteiger partial charge is 0.273 e. The van der Waals surface area contributed by atoms with E-state index in [0.717, 1.165) is 16.9 Å². The van der Waals surface area contributed by atoms with Crippen LogP contribution in [0.15, 0.2) is 60.9 Å². The van der Waals surface area contributed by atoms with Crippen molar-refractivity contribution in [1.82, 2.24) is 14.8 Å². The quantitative estimate of drug-likeness (QED) is 0.801. The number of hydrogen-bond acceptors (Lipinski definition) is 3. The van der Waals surface area contributed by atoms with Crippen molar-refractivity contribution in [2.24, 2.45) is 7.05 Å². The molecule has 0 radical (unpaired) electrons. The molecule has 3 rings (SSSR count). The second-order valence-electron chi connectivity index (χ2n) is 4.59. The minimum Gasteiger partial charge on any atom is -0.321 e. The van der Waals surface area contributed by atoms with Crippen molar-refractivity contribution < 1.29 is 4.79 Å². The van der Waals surface area contributed by atoms with Gasteiger partial charge in [0.1, 0.15) is 5.69 Å². The standard InChI is InChI=1S/C16H14N4O/c1-20-15(9-11-18-20)16(21)19-13-7-5-12(6-8-13)14-4-2-3-10-17-14/h2-11H,1H3,(H,19,21). The van der Waals surface area contributed by atoms with E-state index in [2.05, 4.69) is 15.4 Å². The van der Waals surface area contributed by atoms with Crippen LogP contribution in [0.4, 0.5) is 5.69 Å². The van der Waals surface area contributed by atoms with Crippen LogP contribution in [0.25, 0.3) is 11.3 Å². The Kier molecular flexibility index (Phi) is 3.47. The lowest BCUT2D eigenvalue weighted by molar-refractivity contribution is 0.101. The molecule has 0 saturated heterocycles. The van der Waals surface area contributed by atoms with Crippen molar-refractivity contribution in [3.63, 3.8) is 0 Å². The molecule has 5 heteroatoms. The first-order valence-corrected chi connectivity index (χ1v) is 6.55. The van der Waals surface area contributed by atoms with Gasteiger partial charge in [-0.2, -0.15) is 5.10 Å². The van der Waals surface area contributed by atoms with Gasteiger partial charge in [-0.05, 0) is 30.3 Å². The number of carbonyl (C=O) groups is 1. The molecule has 104 valence electrons. The third-order valence-electron chi connectivity index (χ3n) is 3.16. The molecule has 1 N–H and O–H groups in total. The molecule has 1 amide bonds. The van der Waals surface area contributed by atoms with Crippen LogP contribution in [0.1, 0.15) is 10.5 Å². The van der Waals surface area contributed by atoms with E-state index >= 15 is 0 Å². The number of rotatable bonds is 3. The van der Waals surface area contributed by atoms with Gasteiger partial charge in [-0.15, -0.1) is 0 Å². The predicted molar refractivity (Wildman–Crippen MR) is 80.8 cm³/mol. The Bertz CT molecular complexity index is 747. The molecule has 0 atom stereocenters. The van der Waals surface area contributed by atoms with E-state index in [0.29, 0.717) is 5.69 Å². The molecular formula is C16H14N4O. The molecule has 2 aromatic heterocycles. The number of aryl methyl sites for hydroxylation is 1. The maximum atomic E-state index is 12.1. The first kappa shape index (κ1) is 13.1. The Hall–Kier alpha value is -2.95. The predicted octanol–water partition coefficient (Wildman–Crippen LogP) is 2.73. The lowest BCUT2D eigenvalue weighted by Gasteiger charge is -2.06. The third kappa shape index (κ3) is 2.81. The van der Waals surface area contributed by atoms with Gasteiger partial charge in [0, 0.05) is 30.7 Å². The normalized spacial score (nSPS) is 10.3. The highest BCUT2D eigenvalue weighted by Gasteiger charge is 2.09. The zero-order chi connectivity index (χ0) is 14.7. The van der Waals surface area contributed by atoms with Crippen LogP contribution >= 0.6 is 0 Å². The Labute approximate surface area is 122 Å². The highest BCUT2D eigenvalue weighted by Crippen LogP contribution is 2.19. The van der Waals surface area contributed by atoms with Crippen LogP contribution in [0, 0.1) is 0 Å². The fourth-order valence-electron chi connectivity index (χ4n) is 2.05. The Balaban J connectivity index is 1.76. The number of benzene rings is 1. The summed E-state index contributed by atoms with van der Waals surface area (Å²) in [6, 6.07) is 15.0. The first-order chi connectivity index (χ1) is 10.2. The number of pyridine rings is 1. The molecule has 0 spiro atoms. The van der Waals surface area contributed by atoms with E-state index in [1.54, 1.807) is 25.5 Å². The minimum absolute atomic E-state index is 0.180. The van der Waals surface area contributed by atoms with Gasteiger partial charge >= 0.3 is 0 Å². The number of nitrogens with zero attached hydrogens (tertiary/aromatic N) is 3. The molecule has 0 aliphatic rings. The van der Waals surface area contributed by atoms with Crippen molar-refractivity contribution in [1.29, 1.82) is 0 Å². The summed E-state index contributed by atoms with van der Waals surface area (Å²) in [7, 11) is 1.74. The van der Waals surface area contributed by atoms with Crippen LogP contribution in [-0.4, -0.2) is 20.7 Å². The lowest BCUT2D eigenvalue weighted by atomic mass is 10.1. The van der Waals surface area contributed by atoms with Crippen molar-refractivity contribution in [3.8, 4) is 11.3 Å². The molecular weight excluding hydrogens is 264 g/mol. The summed E-state index contributed by atoms with van der Waals surface area (Å²) in [5.41, 5.74) is 3.17. The number of hydrogen-bond donors (Lipinski definition) is 1. The average Bonchev–Trinajstić information content (AvgIpc) is 2.95. The molecule has 5 nitrogen and oxygen atoms in total. The Morgan fingerprint density at radius 2 is 1.86 bits per heavy atom. The molecule has 0 bridgehead atoms. The van der Waals surface area contributed by atoms with Gasteiger partial charge in [0.2, 0.25) is 0 Å². The monoisotopic (exact) mass is 278 g/mol. The van der Waals surface area contributed by atoms with Crippen LogP contribution in [0.3, 0.4) is 0 Å². The number of amides is 1. The molecule has 2 heterocycles. The zero-order valence-electron chi connectivity index (χ0n) is 11.5. The van der Waals surface area contributed by atoms with E-state index in [1.807, 2.05) is 42.5 Å². The van der Waals surface area contributed by atoms with Crippen LogP contribution in [-0.2, 0) is 7.05 Å². The minimum atomic E-state index is -0.180. The molecule has 3 aromatic rings. The Morgan fingerprint density at radius 1 is 1.05 bits per heavy atom. The molecule has 1 aromatic carbocycles. The summed E-state index contributed by atoms with van der Waals surface area (Å²) in [5, 5.41) is 6.82. The van der Waals surface area contributed by atoms with E-state index < -0.39 is 0 Å². The number of nitrogens with one attached hydrogen (secondary N) is 1. The third-order valence-corrected chi connectivity index (χ3v) is 3.16.